The molecule has 1 aromatic heterocycles. The van der Waals surface area contributed by atoms with Crippen molar-refractivity contribution in [3.8, 4) is 0 Å². The van der Waals surface area contributed by atoms with E-state index in [4.69, 9.17) is 21.1 Å². The van der Waals surface area contributed by atoms with Crippen molar-refractivity contribution in [3.63, 3.8) is 0 Å². The smallest absolute Gasteiger partial charge is 0.321 e. The minimum absolute atomic E-state index is 0.0730. The Kier molecular flexibility index (Phi) is 9.34. The summed E-state index contributed by atoms with van der Waals surface area (Å²) in [6, 6.07) is 4.35. The SMILES string of the molecule is CCOCCCNC(=O)NC(=O)CSc1nc2cc(Cl)ccc2c(=O)n1CC1CCCO1. The Bertz CT molecular complexity index is 1010. The number of hydrogen-bond acceptors (Lipinski definition) is 7. The van der Waals surface area contributed by atoms with Crippen molar-refractivity contribution in [1.82, 2.24) is 20.2 Å². The van der Waals surface area contributed by atoms with Gasteiger partial charge in [-0.05, 0) is 44.4 Å². The van der Waals surface area contributed by atoms with E-state index in [0.29, 0.717) is 60.4 Å². The lowest BCUT2D eigenvalue weighted by molar-refractivity contribution is -0.117. The highest BCUT2D eigenvalue weighted by Crippen LogP contribution is 2.22. The monoisotopic (exact) mass is 482 g/mol. The van der Waals surface area contributed by atoms with Crippen LogP contribution in [-0.2, 0) is 20.8 Å². The third-order valence-electron chi connectivity index (χ3n) is 4.83. The summed E-state index contributed by atoms with van der Waals surface area (Å²) in [5, 5.41) is 6.19. The lowest BCUT2D eigenvalue weighted by Crippen LogP contribution is -2.41. The van der Waals surface area contributed by atoms with Gasteiger partial charge in [0.15, 0.2) is 5.16 Å². The number of carbonyl (C=O) groups excluding carboxylic acids is 2. The van der Waals surface area contributed by atoms with Gasteiger partial charge in [0, 0.05) is 31.4 Å². The molecule has 1 aliphatic heterocycles. The first-order chi connectivity index (χ1) is 15.5. The summed E-state index contributed by atoms with van der Waals surface area (Å²) in [7, 11) is 0. The van der Waals surface area contributed by atoms with Crippen LogP contribution in [0.4, 0.5) is 4.79 Å². The molecule has 1 saturated heterocycles. The molecule has 0 aliphatic carbocycles. The van der Waals surface area contributed by atoms with Crippen LogP contribution in [0.1, 0.15) is 26.2 Å². The highest BCUT2D eigenvalue weighted by atomic mass is 35.5. The molecule has 3 rings (SSSR count). The molecule has 2 heterocycles. The molecule has 1 aromatic carbocycles. The second-order valence-corrected chi connectivity index (χ2v) is 8.63. The fraction of sp³-hybridized carbons (Fsp3) is 0.524. The molecule has 11 heteroatoms. The molecule has 0 saturated carbocycles. The van der Waals surface area contributed by atoms with Crippen LogP contribution >= 0.6 is 23.4 Å². The number of fused-ring (bicyclic) bond motifs is 1. The van der Waals surface area contributed by atoms with Crippen LogP contribution in [-0.4, -0.2) is 59.7 Å². The van der Waals surface area contributed by atoms with Gasteiger partial charge in [-0.25, -0.2) is 9.78 Å². The second kappa shape index (κ2) is 12.2. The van der Waals surface area contributed by atoms with Crippen LogP contribution < -0.4 is 16.2 Å². The Balaban J connectivity index is 1.66. The van der Waals surface area contributed by atoms with Crippen molar-refractivity contribution in [2.45, 2.75) is 44.0 Å². The molecule has 1 fully saturated rings. The minimum Gasteiger partial charge on any atom is -0.382 e. The Hall–Kier alpha value is -2.14. The molecular formula is C21H27ClN4O5S. The lowest BCUT2D eigenvalue weighted by Gasteiger charge is -2.16. The topological polar surface area (TPSA) is 112 Å². The van der Waals surface area contributed by atoms with E-state index in [1.165, 1.54) is 4.57 Å². The molecule has 2 aromatic rings. The number of aromatic nitrogens is 2. The van der Waals surface area contributed by atoms with Gasteiger partial charge in [0.25, 0.3) is 5.56 Å². The molecule has 3 amide bonds. The molecular weight excluding hydrogens is 456 g/mol. The Morgan fingerprint density at radius 3 is 3.00 bits per heavy atom. The lowest BCUT2D eigenvalue weighted by atomic mass is 10.2. The Labute approximate surface area is 195 Å². The van der Waals surface area contributed by atoms with Gasteiger partial charge in [0.1, 0.15) is 0 Å². The zero-order valence-corrected chi connectivity index (χ0v) is 19.5. The van der Waals surface area contributed by atoms with Gasteiger partial charge in [-0.3, -0.25) is 19.5 Å². The van der Waals surface area contributed by atoms with E-state index < -0.39 is 11.9 Å². The summed E-state index contributed by atoms with van der Waals surface area (Å²) in [6.07, 6.45) is 2.39. The molecule has 9 nitrogen and oxygen atoms in total. The number of amides is 3. The number of benzene rings is 1. The van der Waals surface area contributed by atoms with E-state index in [-0.39, 0.29) is 17.4 Å². The summed E-state index contributed by atoms with van der Waals surface area (Å²) in [4.78, 5) is 41.8. The van der Waals surface area contributed by atoms with Crippen molar-refractivity contribution in [3.05, 3.63) is 33.6 Å². The van der Waals surface area contributed by atoms with E-state index in [1.54, 1.807) is 18.2 Å². The zero-order chi connectivity index (χ0) is 22.9. The first-order valence-electron chi connectivity index (χ1n) is 10.6. The van der Waals surface area contributed by atoms with Crippen molar-refractivity contribution in [1.29, 1.82) is 0 Å². The van der Waals surface area contributed by atoms with E-state index in [2.05, 4.69) is 15.6 Å². The van der Waals surface area contributed by atoms with Crippen LogP contribution in [0, 0.1) is 0 Å². The number of imide groups is 1. The Morgan fingerprint density at radius 2 is 2.25 bits per heavy atom. The van der Waals surface area contributed by atoms with E-state index in [9.17, 15) is 14.4 Å². The van der Waals surface area contributed by atoms with Crippen LogP contribution in [0.25, 0.3) is 10.9 Å². The van der Waals surface area contributed by atoms with Gasteiger partial charge < -0.3 is 14.8 Å². The first-order valence-corrected chi connectivity index (χ1v) is 11.9. The normalized spacial score (nSPS) is 15.8. The fourth-order valence-electron chi connectivity index (χ4n) is 3.29. The van der Waals surface area contributed by atoms with Crippen LogP contribution in [0.3, 0.4) is 0 Å². The number of thioether (sulfide) groups is 1. The molecule has 2 N–H and O–H groups in total. The average Bonchev–Trinajstić information content (AvgIpc) is 3.27. The minimum atomic E-state index is -0.568. The van der Waals surface area contributed by atoms with Gasteiger partial charge in [-0.15, -0.1) is 0 Å². The van der Waals surface area contributed by atoms with Crippen LogP contribution in [0.2, 0.25) is 5.02 Å². The molecule has 1 aliphatic rings. The van der Waals surface area contributed by atoms with Gasteiger partial charge in [0.05, 0.1) is 29.3 Å². The van der Waals surface area contributed by atoms with E-state index in [1.807, 2.05) is 6.92 Å². The van der Waals surface area contributed by atoms with Gasteiger partial charge in [-0.1, -0.05) is 23.4 Å². The largest absolute Gasteiger partial charge is 0.382 e. The highest BCUT2D eigenvalue weighted by molar-refractivity contribution is 7.99. The zero-order valence-electron chi connectivity index (χ0n) is 17.9. The number of hydrogen-bond donors (Lipinski definition) is 2. The predicted octanol–water partition coefficient (Wildman–Crippen LogP) is 2.57. The van der Waals surface area contributed by atoms with Crippen molar-refractivity contribution < 1.29 is 19.1 Å². The summed E-state index contributed by atoms with van der Waals surface area (Å²) in [5.74, 6) is -0.558. The number of ether oxygens (including phenoxy) is 2. The number of nitrogens with one attached hydrogen (secondary N) is 2. The molecule has 1 atom stereocenters. The molecule has 174 valence electrons. The maximum atomic E-state index is 13.1. The quantitative estimate of drug-likeness (QED) is 0.304. The van der Waals surface area contributed by atoms with Crippen molar-refractivity contribution in [2.24, 2.45) is 0 Å². The summed E-state index contributed by atoms with van der Waals surface area (Å²) in [5.41, 5.74) is 0.248. The van der Waals surface area contributed by atoms with Gasteiger partial charge in [0.2, 0.25) is 5.91 Å². The second-order valence-electron chi connectivity index (χ2n) is 7.25. The number of carbonyl (C=O) groups is 2. The highest BCUT2D eigenvalue weighted by Gasteiger charge is 2.21. The third kappa shape index (κ3) is 6.93. The Morgan fingerprint density at radius 1 is 1.41 bits per heavy atom. The molecule has 1 unspecified atom stereocenters. The van der Waals surface area contributed by atoms with Gasteiger partial charge in [-0.2, -0.15) is 0 Å². The van der Waals surface area contributed by atoms with Gasteiger partial charge >= 0.3 is 6.03 Å². The standard InChI is InChI=1S/C21H27ClN4O5S/c1-2-30-9-4-8-23-20(29)25-18(27)13-32-21-24-17-11-14(22)6-7-16(17)19(28)26(21)12-15-5-3-10-31-15/h6-7,11,15H,2-5,8-10,12-13H2,1H3,(H2,23,25,27,29). The summed E-state index contributed by atoms with van der Waals surface area (Å²) in [6.45, 7) is 4.49. The average molecular weight is 483 g/mol. The maximum Gasteiger partial charge on any atom is 0.321 e. The number of nitrogens with zero attached hydrogens (tertiary/aromatic N) is 2. The first kappa shape index (κ1) is 24.5. The molecule has 0 bridgehead atoms. The third-order valence-corrected chi connectivity index (χ3v) is 6.04. The number of rotatable bonds is 10. The predicted molar refractivity (Wildman–Crippen MR) is 123 cm³/mol. The molecule has 32 heavy (non-hydrogen) atoms. The molecule has 0 spiro atoms. The van der Waals surface area contributed by atoms with Crippen molar-refractivity contribution >= 4 is 46.2 Å². The fourth-order valence-corrected chi connectivity index (χ4v) is 4.27. The maximum absolute atomic E-state index is 13.1. The molecule has 0 radical (unpaired) electrons. The summed E-state index contributed by atoms with van der Waals surface area (Å²) >= 11 is 7.15. The van der Waals surface area contributed by atoms with E-state index >= 15 is 0 Å². The number of halogens is 1. The summed E-state index contributed by atoms with van der Waals surface area (Å²) < 4.78 is 12.4. The van der Waals surface area contributed by atoms with Crippen LogP contribution in [0.15, 0.2) is 28.2 Å². The van der Waals surface area contributed by atoms with E-state index in [0.717, 1.165) is 24.6 Å². The number of urea groups is 1. The van der Waals surface area contributed by atoms with Crippen molar-refractivity contribution in [2.75, 3.05) is 32.1 Å². The van der Waals surface area contributed by atoms with Crippen LogP contribution in [0.5, 0.6) is 0 Å².